The van der Waals surface area contributed by atoms with E-state index < -0.39 is 0 Å². The van der Waals surface area contributed by atoms with Crippen molar-refractivity contribution < 1.29 is 9.59 Å². The summed E-state index contributed by atoms with van der Waals surface area (Å²) in [7, 11) is 0. The van der Waals surface area contributed by atoms with Crippen LogP contribution in [0.2, 0.25) is 0 Å². The highest BCUT2D eigenvalue weighted by atomic mass is 16.2. The number of ketones is 1. The molecule has 0 aromatic heterocycles. The lowest BCUT2D eigenvalue weighted by atomic mass is 10.1. The van der Waals surface area contributed by atoms with Gasteiger partial charge in [-0.05, 0) is 37.2 Å². The molecule has 0 radical (unpaired) electrons. The molecule has 138 valence electrons. The van der Waals surface area contributed by atoms with E-state index >= 15 is 0 Å². The standard InChI is InChI=1S/C22H28N2O2/c1-3-5-15-24(4-2)17-18-11-13-20(14-12-18)22(26)23-16-21(25)19-9-7-6-8-10-19/h6-14H,3-5,15-17H2,1-2H3,(H,23,26). The number of benzene rings is 2. The number of nitrogens with zero attached hydrogens (tertiary/aromatic N) is 1. The van der Waals surface area contributed by atoms with Crippen LogP contribution in [-0.4, -0.2) is 36.2 Å². The summed E-state index contributed by atoms with van der Waals surface area (Å²) in [5, 5.41) is 2.70. The predicted molar refractivity (Wildman–Crippen MR) is 105 cm³/mol. The number of rotatable bonds is 10. The molecule has 2 aromatic rings. The van der Waals surface area contributed by atoms with Gasteiger partial charge in [0.25, 0.3) is 5.91 Å². The fourth-order valence-corrected chi connectivity index (χ4v) is 2.74. The highest BCUT2D eigenvalue weighted by molar-refractivity contribution is 6.02. The second kappa shape index (κ2) is 10.5. The Bertz CT molecular complexity index is 696. The molecule has 1 N–H and O–H groups in total. The molecular weight excluding hydrogens is 324 g/mol. The molecule has 0 unspecified atom stereocenters. The van der Waals surface area contributed by atoms with Crippen LogP contribution in [0.25, 0.3) is 0 Å². The number of Topliss-reactive ketones (excluding diaryl/α,β-unsaturated/α-hetero) is 1. The predicted octanol–water partition coefficient (Wildman–Crippen LogP) is 3.92. The van der Waals surface area contributed by atoms with Crippen molar-refractivity contribution in [3.63, 3.8) is 0 Å². The zero-order valence-corrected chi connectivity index (χ0v) is 15.7. The third kappa shape index (κ3) is 6.12. The van der Waals surface area contributed by atoms with Crippen LogP contribution < -0.4 is 5.32 Å². The maximum atomic E-state index is 12.2. The molecule has 0 saturated heterocycles. The fraction of sp³-hybridized carbons (Fsp3) is 0.364. The van der Waals surface area contributed by atoms with Crippen molar-refractivity contribution >= 4 is 11.7 Å². The number of carbonyl (C=O) groups is 2. The summed E-state index contributed by atoms with van der Waals surface area (Å²) in [6.07, 6.45) is 2.39. The van der Waals surface area contributed by atoms with Crippen molar-refractivity contribution in [2.24, 2.45) is 0 Å². The van der Waals surface area contributed by atoms with Crippen LogP contribution in [0.3, 0.4) is 0 Å². The van der Waals surface area contributed by atoms with Crippen LogP contribution in [0, 0.1) is 0 Å². The van der Waals surface area contributed by atoms with Crippen LogP contribution in [0.1, 0.15) is 53.0 Å². The molecule has 0 aliphatic carbocycles. The van der Waals surface area contributed by atoms with E-state index in [1.165, 1.54) is 18.4 Å². The van der Waals surface area contributed by atoms with Crippen molar-refractivity contribution in [3.05, 3.63) is 71.3 Å². The molecule has 0 fully saturated rings. The lowest BCUT2D eigenvalue weighted by Gasteiger charge is -2.20. The Balaban J connectivity index is 1.87. The summed E-state index contributed by atoms with van der Waals surface area (Å²) in [5.41, 5.74) is 2.38. The minimum Gasteiger partial charge on any atom is -0.345 e. The maximum Gasteiger partial charge on any atom is 0.251 e. The van der Waals surface area contributed by atoms with E-state index in [9.17, 15) is 9.59 Å². The SMILES string of the molecule is CCCCN(CC)Cc1ccc(C(=O)NCC(=O)c2ccccc2)cc1. The Kier molecular flexibility index (Phi) is 8.03. The summed E-state index contributed by atoms with van der Waals surface area (Å²) in [5.74, 6) is -0.316. The molecule has 0 aliphatic rings. The van der Waals surface area contributed by atoms with Crippen LogP contribution in [0.5, 0.6) is 0 Å². The molecule has 0 atom stereocenters. The van der Waals surface area contributed by atoms with Crippen molar-refractivity contribution in [2.75, 3.05) is 19.6 Å². The second-order valence-electron chi connectivity index (χ2n) is 6.39. The van der Waals surface area contributed by atoms with Crippen molar-refractivity contribution in [1.29, 1.82) is 0 Å². The average molecular weight is 352 g/mol. The Labute approximate surface area is 156 Å². The molecule has 0 saturated carbocycles. The molecular formula is C22H28N2O2. The van der Waals surface area contributed by atoms with Gasteiger partial charge in [-0.2, -0.15) is 0 Å². The van der Waals surface area contributed by atoms with Crippen molar-refractivity contribution in [1.82, 2.24) is 10.2 Å². The smallest absolute Gasteiger partial charge is 0.251 e. The highest BCUT2D eigenvalue weighted by Gasteiger charge is 2.10. The second-order valence-corrected chi connectivity index (χ2v) is 6.39. The van der Waals surface area contributed by atoms with Crippen molar-refractivity contribution in [3.8, 4) is 0 Å². The molecule has 1 amide bonds. The van der Waals surface area contributed by atoms with Gasteiger partial charge in [0.1, 0.15) is 0 Å². The molecule has 4 nitrogen and oxygen atoms in total. The molecule has 0 spiro atoms. The zero-order chi connectivity index (χ0) is 18.8. The molecule has 0 bridgehead atoms. The molecule has 0 aliphatic heterocycles. The number of hydrogen-bond donors (Lipinski definition) is 1. The quantitative estimate of drug-likeness (QED) is 0.659. The topological polar surface area (TPSA) is 49.4 Å². The molecule has 4 heteroatoms. The van der Waals surface area contributed by atoms with E-state index in [1.807, 2.05) is 42.5 Å². The summed E-state index contributed by atoms with van der Waals surface area (Å²) < 4.78 is 0. The number of carbonyl (C=O) groups excluding carboxylic acids is 2. The Morgan fingerprint density at radius 2 is 1.62 bits per heavy atom. The van der Waals surface area contributed by atoms with Gasteiger partial charge in [0.05, 0.1) is 6.54 Å². The van der Waals surface area contributed by atoms with E-state index in [-0.39, 0.29) is 18.2 Å². The number of amides is 1. The highest BCUT2D eigenvalue weighted by Crippen LogP contribution is 2.09. The normalized spacial score (nSPS) is 10.7. The maximum absolute atomic E-state index is 12.2. The third-order valence-electron chi connectivity index (χ3n) is 4.40. The monoisotopic (exact) mass is 352 g/mol. The van der Waals surface area contributed by atoms with Gasteiger partial charge < -0.3 is 5.32 Å². The van der Waals surface area contributed by atoms with Crippen molar-refractivity contribution in [2.45, 2.75) is 33.2 Å². The minimum atomic E-state index is -0.223. The van der Waals surface area contributed by atoms with E-state index in [1.54, 1.807) is 12.1 Å². The Hall–Kier alpha value is -2.46. The largest absolute Gasteiger partial charge is 0.345 e. The van der Waals surface area contributed by atoms with Crippen LogP contribution in [0.4, 0.5) is 0 Å². The first-order valence-electron chi connectivity index (χ1n) is 9.31. The van der Waals surface area contributed by atoms with Gasteiger partial charge in [0.2, 0.25) is 0 Å². The molecule has 0 heterocycles. The van der Waals surface area contributed by atoms with Gasteiger partial charge in [0, 0.05) is 17.7 Å². The Morgan fingerprint density at radius 1 is 0.923 bits per heavy atom. The number of unbranched alkanes of at least 4 members (excludes halogenated alkanes) is 1. The lowest BCUT2D eigenvalue weighted by Crippen LogP contribution is -2.29. The van der Waals surface area contributed by atoms with Crippen LogP contribution in [0.15, 0.2) is 54.6 Å². The van der Waals surface area contributed by atoms with Crippen LogP contribution in [-0.2, 0) is 6.54 Å². The Morgan fingerprint density at radius 3 is 2.23 bits per heavy atom. The van der Waals surface area contributed by atoms with E-state index in [0.717, 1.165) is 19.6 Å². The average Bonchev–Trinajstić information content (AvgIpc) is 2.70. The van der Waals surface area contributed by atoms with Crippen LogP contribution >= 0.6 is 0 Å². The van der Waals surface area contributed by atoms with Gasteiger partial charge in [-0.15, -0.1) is 0 Å². The number of hydrogen-bond acceptors (Lipinski definition) is 3. The lowest BCUT2D eigenvalue weighted by molar-refractivity contribution is 0.0904. The molecule has 2 aromatic carbocycles. The first kappa shape index (κ1) is 19.9. The first-order chi connectivity index (χ1) is 12.6. The van der Waals surface area contributed by atoms with Gasteiger partial charge in [-0.1, -0.05) is 62.7 Å². The van der Waals surface area contributed by atoms with Gasteiger partial charge in [0.15, 0.2) is 5.78 Å². The van der Waals surface area contributed by atoms with E-state index in [4.69, 9.17) is 0 Å². The van der Waals surface area contributed by atoms with Gasteiger partial charge in [-0.3, -0.25) is 14.5 Å². The van der Waals surface area contributed by atoms with E-state index in [0.29, 0.717) is 11.1 Å². The summed E-state index contributed by atoms with van der Waals surface area (Å²) in [4.78, 5) is 26.7. The first-order valence-corrected chi connectivity index (χ1v) is 9.31. The number of nitrogens with one attached hydrogen (secondary N) is 1. The fourth-order valence-electron chi connectivity index (χ4n) is 2.74. The summed E-state index contributed by atoms with van der Waals surface area (Å²) in [6.45, 7) is 7.38. The minimum absolute atomic E-state index is 0.00519. The van der Waals surface area contributed by atoms with Gasteiger partial charge in [-0.25, -0.2) is 0 Å². The third-order valence-corrected chi connectivity index (χ3v) is 4.40. The summed E-state index contributed by atoms with van der Waals surface area (Å²) in [6, 6.07) is 16.6. The molecule has 26 heavy (non-hydrogen) atoms. The summed E-state index contributed by atoms with van der Waals surface area (Å²) >= 11 is 0. The zero-order valence-electron chi connectivity index (χ0n) is 15.7. The van der Waals surface area contributed by atoms with E-state index in [2.05, 4.69) is 24.1 Å². The van der Waals surface area contributed by atoms with Gasteiger partial charge >= 0.3 is 0 Å². The molecule has 2 rings (SSSR count).